The van der Waals surface area contributed by atoms with Crippen molar-refractivity contribution in [1.82, 2.24) is 9.97 Å². The molecule has 0 fully saturated rings. The first-order chi connectivity index (χ1) is 15.1. The Morgan fingerprint density at radius 1 is 1.16 bits per heavy atom. The fourth-order valence-corrected chi connectivity index (χ4v) is 5.37. The van der Waals surface area contributed by atoms with Gasteiger partial charge >= 0.3 is 0 Å². The van der Waals surface area contributed by atoms with E-state index in [0.717, 1.165) is 18.0 Å². The summed E-state index contributed by atoms with van der Waals surface area (Å²) in [6.45, 7) is 0. The van der Waals surface area contributed by atoms with E-state index in [2.05, 4.69) is 15.3 Å². The van der Waals surface area contributed by atoms with Crippen molar-refractivity contribution in [3.8, 4) is 5.75 Å². The number of ether oxygens (including phenoxy) is 1. The zero-order valence-corrected chi connectivity index (χ0v) is 20.1. The second kappa shape index (κ2) is 10.1. The van der Waals surface area contributed by atoms with E-state index in [1.807, 2.05) is 0 Å². The van der Waals surface area contributed by atoms with Gasteiger partial charge in [-0.1, -0.05) is 46.6 Å². The average Bonchev–Trinajstić information content (AvgIpc) is 2.71. The predicted molar refractivity (Wildman–Crippen MR) is 124 cm³/mol. The number of hydrogen-bond acceptors (Lipinski definition) is 7. The standard InChI is InChI=1S/C19H14Cl3N3O5S2/c1-30-15-3-2-12(7-14(15)22)24-17(26)9-31-19-23-8-16(18(27)25-19)32(28,29)13-5-10(20)4-11(21)6-13/h2-8H,9H2,1H3,(H,24,26)(H,23,25,27). The zero-order chi connectivity index (χ0) is 23.5. The topological polar surface area (TPSA) is 118 Å². The van der Waals surface area contributed by atoms with Gasteiger partial charge in [-0.3, -0.25) is 9.59 Å². The van der Waals surface area contributed by atoms with Crippen LogP contribution < -0.4 is 15.6 Å². The number of thioether (sulfide) groups is 1. The normalized spacial score (nSPS) is 11.2. The van der Waals surface area contributed by atoms with Crippen LogP contribution >= 0.6 is 46.6 Å². The first-order valence-electron chi connectivity index (χ1n) is 8.67. The number of rotatable bonds is 7. The molecular formula is C19H14Cl3N3O5S2. The maximum atomic E-state index is 12.7. The summed E-state index contributed by atoms with van der Waals surface area (Å²) in [5.74, 6) is -0.0113. The zero-order valence-electron chi connectivity index (χ0n) is 16.2. The summed E-state index contributed by atoms with van der Waals surface area (Å²) in [6, 6.07) is 8.49. The molecule has 0 aliphatic heterocycles. The largest absolute Gasteiger partial charge is 0.495 e. The van der Waals surface area contributed by atoms with Crippen LogP contribution in [0.15, 0.2) is 62.3 Å². The van der Waals surface area contributed by atoms with Crippen molar-refractivity contribution in [3.05, 3.63) is 68.0 Å². The molecule has 32 heavy (non-hydrogen) atoms. The van der Waals surface area contributed by atoms with Gasteiger partial charge < -0.3 is 15.0 Å². The molecule has 0 aliphatic carbocycles. The van der Waals surface area contributed by atoms with Crippen molar-refractivity contribution in [2.45, 2.75) is 14.9 Å². The van der Waals surface area contributed by atoms with Gasteiger partial charge in [0, 0.05) is 15.7 Å². The summed E-state index contributed by atoms with van der Waals surface area (Å²) in [7, 11) is -2.72. The highest BCUT2D eigenvalue weighted by Gasteiger charge is 2.23. The number of methoxy groups -OCH3 is 1. The van der Waals surface area contributed by atoms with Crippen LogP contribution in [0.3, 0.4) is 0 Å². The molecule has 2 N–H and O–H groups in total. The van der Waals surface area contributed by atoms with E-state index in [4.69, 9.17) is 39.5 Å². The first-order valence-corrected chi connectivity index (χ1v) is 12.3. The van der Waals surface area contributed by atoms with Crippen molar-refractivity contribution in [2.24, 2.45) is 0 Å². The summed E-state index contributed by atoms with van der Waals surface area (Å²) in [4.78, 5) is 30.0. The predicted octanol–water partition coefficient (Wildman–Crippen LogP) is 4.30. The fourth-order valence-electron chi connectivity index (χ4n) is 2.52. The molecule has 8 nitrogen and oxygen atoms in total. The Kier molecular flexibility index (Phi) is 7.73. The maximum absolute atomic E-state index is 12.7. The van der Waals surface area contributed by atoms with E-state index in [0.29, 0.717) is 16.5 Å². The lowest BCUT2D eigenvalue weighted by molar-refractivity contribution is -0.113. The SMILES string of the molecule is COc1ccc(NC(=O)CSc2ncc(S(=O)(=O)c3cc(Cl)cc(Cl)c3)c(=O)[nH]2)cc1Cl. The summed E-state index contributed by atoms with van der Waals surface area (Å²) in [6.07, 6.45) is 0.923. The molecular weight excluding hydrogens is 521 g/mol. The van der Waals surface area contributed by atoms with Crippen molar-refractivity contribution >= 4 is 68.0 Å². The van der Waals surface area contributed by atoms with Gasteiger partial charge in [-0.05, 0) is 36.4 Å². The minimum absolute atomic E-state index is 0.0704. The van der Waals surface area contributed by atoms with Gasteiger partial charge in [0.25, 0.3) is 5.56 Å². The van der Waals surface area contributed by atoms with Crippen LogP contribution in [0.5, 0.6) is 5.75 Å². The molecule has 0 saturated heterocycles. The fraction of sp³-hybridized carbons (Fsp3) is 0.105. The van der Waals surface area contributed by atoms with Crippen LogP contribution in [0, 0.1) is 0 Å². The van der Waals surface area contributed by atoms with Crippen LogP contribution in [0.1, 0.15) is 0 Å². The van der Waals surface area contributed by atoms with Gasteiger partial charge in [-0.25, -0.2) is 13.4 Å². The Hall–Kier alpha value is -2.24. The number of aromatic amines is 1. The van der Waals surface area contributed by atoms with E-state index in [9.17, 15) is 18.0 Å². The monoisotopic (exact) mass is 533 g/mol. The number of sulfone groups is 1. The van der Waals surface area contributed by atoms with Crippen molar-refractivity contribution < 1.29 is 17.9 Å². The molecule has 3 aromatic rings. The molecule has 0 atom stereocenters. The highest BCUT2D eigenvalue weighted by atomic mass is 35.5. The molecule has 1 amide bonds. The molecule has 2 aromatic carbocycles. The minimum atomic E-state index is -4.20. The maximum Gasteiger partial charge on any atom is 0.270 e. The molecule has 0 aliphatic rings. The molecule has 168 valence electrons. The molecule has 3 rings (SSSR count). The number of aromatic nitrogens is 2. The van der Waals surface area contributed by atoms with Gasteiger partial charge in [0.2, 0.25) is 15.7 Å². The lowest BCUT2D eigenvalue weighted by Crippen LogP contribution is -2.20. The van der Waals surface area contributed by atoms with Gasteiger partial charge in [-0.2, -0.15) is 0 Å². The van der Waals surface area contributed by atoms with E-state index in [1.165, 1.54) is 31.4 Å². The number of anilines is 1. The van der Waals surface area contributed by atoms with Crippen LogP contribution in [0.25, 0.3) is 0 Å². The number of nitrogens with zero attached hydrogens (tertiary/aromatic N) is 1. The molecule has 0 radical (unpaired) electrons. The summed E-state index contributed by atoms with van der Waals surface area (Å²) < 4.78 is 30.5. The van der Waals surface area contributed by atoms with Crippen molar-refractivity contribution in [1.29, 1.82) is 0 Å². The van der Waals surface area contributed by atoms with Gasteiger partial charge in [-0.15, -0.1) is 0 Å². The van der Waals surface area contributed by atoms with Crippen molar-refractivity contribution in [3.63, 3.8) is 0 Å². The third-order valence-electron chi connectivity index (χ3n) is 3.95. The Bertz CT molecular complexity index is 1330. The molecule has 0 unspecified atom stereocenters. The molecule has 13 heteroatoms. The molecule has 0 spiro atoms. The van der Waals surface area contributed by atoms with Crippen LogP contribution in [0.2, 0.25) is 15.1 Å². The summed E-state index contributed by atoms with van der Waals surface area (Å²) >= 11 is 18.7. The van der Waals surface area contributed by atoms with Crippen LogP contribution in [0.4, 0.5) is 5.69 Å². The van der Waals surface area contributed by atoms with E-state index < -0.39 is 20.3 Å². The Morgan fingerprint density at radius 3 is 2.44 bits per heavy atom. The van der Waals surface area contributed by atoms with Gasteiger partial charge in [0.1, 0.15) is 5.75 Å². The van der Waals surface area contributed by atoms with Crippen LogP contribution in [-0.4, -0.2) is 37.2 Å². The average molecular weight is 535 g/mol. The van der Waals surface area contributed by atoms with E-state index in [-0.39, 0.29) is 31.8 Å². The second-order valence-electron chi connectivity index (χ2n) is 6.18. The molecule has 1 aromatic heterocycles. The van der Waals surface area contributed by atoms with Crippen molar-refractivity contribution in [2.75, 3.05) is 18.2 Å². The lowest BCUT2D eigenvalue weighted by atomic mass is 10.3. The molecule has 1 heterocycles. The van der Waals surface area contributed by atoms with E-state index >= 15 is 0 Å². The Balaban J connectivity index is 1.71. The smallest absolute Gasteiger partial charge is 0.270 e. The number of carbonyl (C=O) groups excluding carboxylic acids is 1. The minimum Gasteiger partial charge on any atom is -0.495 e. The molecule has 0 bridgehead atoms. The highest BCUT2D eigenvalue weighted by molar-refractivity contribution is 7.99. The number of halogens is 3. The second-order valence-corrected chi connectivity index (χ2v) is 10.3. The first kappa shape index (κ1) is 24.4. The summed E-state index contributed by atoms with van der Waals surface area (Å²) in [5.41, 5.74) is -0.426. The third kappa shape index (κ3) is 5.76. The van der Waals surface area contributed by atoms with Gasteiger partial charge in [0.05, 0.1) is 29.0 Å². The highest BCUT2D eigenvalue weighted by Crippen LogP contribution is 2.28. The number of hydrogen-bond donors (Lipinski definition) is 2. The summed E-state index contributed by atoms with van der Waals surface area (Å²) in [5, 5.41) is 3.27. The Morgan fingerprint density at radius 2 is 1.84 bits per heavy atom. The molecule has 0 saturated carbocycles. The quantitative estimate of drug-likeness (QED) is 0.343. The van der Waals surface area contributed by atoms with Gasteiger partial charge in [0.15, 0.2) is 10.1 Å². The number of nitrogens with one attached hydrogen (secondary N) is 2. The Labute approximate surface area is 202 Å². The van der Waals surface area contributed by atoms with E-state index in [1.54, 1.807) is 12.1 Å². The van der Waals surface area contributed by atoms with Crippen LogP contribution in [-0.2, 0) is 14.6 Å². The number of amides is 1. The number of H-pyrrole nitrogens is 1. The lowest BCUT2D eigenvalue weighted by Gasteiger charge is -2.08. The number of carbonyl (C=O) groups is 1. The third-order valence-corrected chi connectivity index (χ3v) is 7.30. The number of benzene rings is 2.